The quantitative estimate of drug-likeness (QED) is 0.472. The summed E-state index contributed by atoms with van der Waals surface area (Å²) < 4.78 is 15.9. The van der Waals surface area contributed by atoms with Crippen molar-refractivity contribution in [1.82, 2.24) is 5.32 Å². The highest BCUT2D eigenvalue weighted by molar-refractivity contribution is 6.04. The molecule has 3 aromatic carbocycles. The van der Waals surface area contributed by atoms with Crippen molar-refractivity contribution in [3.63, 3.8) is 0 Å². The van der Waals surface area contributed by atoms with Gasteiger partial charge in [0, 0.05) is 6.54 Å². The summed E-state index contributed by atoms with van der Waals surface area (Å²) in [4.78, 5) is 25.5. The number of nitrogens with one attached hydrogen (secondary N) is 2. The number of carbonyl (C=O) groups excluding carboxylic acids is 2. The number of hydrogen-bond acceptors (Lipinski definition) is 5. The van der Waals surface area contributed by atoms with Crippen molar-refractivity contribution >= 4 is 17.5 Å². The van der Waals surface area contributed by atoms with E-state index in [0.29, 0.717) is 35.7 Å². The first kappa shape index (κ1) is 24.6. The third-order valence-electron chi connectivity index (χ3n) is 5.42. The Kier molecular flexibility index (Phi) is 8.51. The number of rotatable bonds is 10. The third kappa shape index (κ3) is 6.28. The lowest BCUT2D eigenvalue weighted by Crippen LogP contribution is -2.27. The van der Waals surface area contributed by atoms with Crippen molar-refractivity contribution in [2.24, 2.45) is 0 Å². The van der Waals surface area contributed by atoms with Crippen LogP contribution in [0.25, 0.3) is 0 Å². The van der Waals surface area contributed by atoms with E-state index in [1.165, 1.54) is 0 Å². The third-order valence-corrected chi connectivity index (χ3v) is 5.42. The van der Waals surface area contributed by atoms with Crippen LogP contribution in [0.2, 0.25) is 0 Å². The first-order chi connectivity index (χ1) is 16.4. The van der Waals surface area contributed by atoms with Gasteiger partial charge >= 0.3 is 0 Å². The van der Waals surface area contributed by atoms with Gasteiger partial charge in [0.05, 0.1) is 39.0 Å². The number of amides is 2. The molecule has 34 heavy (non-hydrogen) atoms. The van der Waals surface area contributed by atoms with E-state index in [1.54, 1.807) is 45.6 Å². The van der Waals surface area contributed by atoms with E-state index in [1.807, 2.05) is 43.3 Å². The molecule has 0 fully saturated rings. The van der Waals surface area contributed by atoms with Crippen molar-refractivity contribution in [3.8, 4) is 17.2 Å². The van der Waals surface area contributed by atoms with Crippen molar-refractivity contribution < 1.29 is 23.8 Å². The maximum atomic E-state index is 12.8. The summed E-state index contributed by atoms with van der Waals surface area (Å²) in [6.07, 6.45) is 0.817. The molecule has 0 aromatic heterocycles. The number of benzene rings is 3. The standard InChI is InChI=1S/C27H30N2O5/c1-18-15-20(10-11-23(18)32-2)17-26(30)29-22-8-6-5-7-21(22)27(31)28-14-13-19-9-12-24(33-3)25(16-19)34-4/h5-12,15-16H,13-14,17H2,1-4H3,(H,28,31)(H,29,30). The van der Waals surface area contributed by atoms with Gasteiger partial charge in [-0.2, -0.15) is 0 Å². The molecule has 0 saturated heterocycles. The molecule has 0 spiro atoms. The van der Waals surface area contributed by atoms with Crippen molar-refractivity contribution in [1.29, 1.82) is 0 Å². The van der Waals surface area contributed by atoms with Gasteiger partial charge in [-0.05, 0) is 60.4 Å². The predicted molar refractivity (Wildman–Crippen MR) is 132 cm³/mol. The average Bonchev–Trinajstić information content (AvgIpc) is 2.84. The van der Waals surface area contributed by atoms with E-state index in [0.717, 1.165) is 22.4 Å². The second kappa shape index (κ2) is 11.7. The zero-order valence-corrected chi connectivity index (χ0v) is 19.9. The van der Waals surface area contributed by atoms with Gasteiger partial charge in [0.15, 0.2) is 11.5 Å². The van der Waals surface area contributed by atoms with Gasteiger partial charge in [-0.15, -0.1) is 0 Å². The predicted octanol–water partition coefficient (Wildman–Crippen LogP) is 4.17. The molecule has 7 nitrogen and oxygen atoms in total. The molecule has 0 bridgehead atoms. The van der Waals surface area contributed by atoms with E-state index in [-0.39, 0.29) is 18.2 Å². The molecule has 0 heterocycles. The smallest absolute Gasteiger partial charge is 0.253 e. The van der Waals surface area contributed by atoms with Gasteiger partial charge < -0.3 is 24.8 Å². The molecule has 3 rings (SSSR count). The molecule has 0 aliphatic heterocycles. The summed E-state index contributed by atoms with van der Waals surface area (Å²) in [5.41, 5.74) is 3.72. The highest BCUT2D eigenvalue weighted by Crippen LogP contribution is 2.27. The minimum absolute atomic E-state index is 0.195. The molecule has 0 atom stereocenters. The minimum atomic E-state index is -0.253. The maximum absolute atomic E-state index is 12.8. The molecule has 0 aliphatic carbocycles. The lowest BCUT2D eigenvalue weighted by Gasteiger charge is -2.13. The molecular weight excluding hydrogens is 432 g/mol. The van der Waals surface area contributed by atoms with Crippen LogP contribution < -0.4 is 24.8 Å². The first-order valence-electron chi connectivity index (χ1n) is 11.0. The number of carbonyl (C=O) groups is 2. The second-order valence-corrected chi connectivity index (χ2v) is 7.77. The van der Waals surface area contributed by atoms with E-state index in [2.05, 4.69) is 10.6 Å². The fourth-order valence-corrected chi connectivity index (χ4v) is 3.67. The van der Waals surface area contributed by atoms with E-state index in [4.69, 9.17) is 14.2 Å². The molecule has 3 aromatic rings. The van der Waals surface area contributed by atoms with Crippen LogP contribution in [0.4, 0.5) is 5.69 Å². The van der Waals surface area contributed by atoms with Crippen LogP contribution in [-0.2, 0) is 17.6 Å². The van der Waals surface area contributed by atoms with E-state index in [9.17, 15) is 9.59 Å². The summed E-state index contributed by atoms with van der Waals surface area (Å²) in [5.74, 6) is 1.63. The summed E-state index contributed by atoms with van der Waals surface area (Å²) in [6, 6.07) is 18.3. The molecule has 178 valence electrons. The summed E-state index contributed by atoms with van der Waals surface area (Å²) in [5, 5.41) is 5.78. The fourth-order valence-electron chi connectivity index (χ4n) is 3.67. The molecule has 7 heteroatoms. The number of ether oxygens (including phenoxy) is 3. The topological polar surface area (TPSA) is 85.9 Å². The lowest BCUT2D eigenvalue weighted by atomic mass is 10.1. The monoisotopic (exact) mass is 462 g/mol. The molecule has 2 N–H and O–H groups in total. The number of hydrogen-bond donors (Lipinski definition) is 2. The highest BCUT2D eigenvalue weighted by atomic mass is 16.5. The van der Waals surface area contributed by atoms with Crippen LogP contribution in [0.15, 0.2) is 60.7 Å². The molecule has 2 amide bonds. The Hall–Kier alpha value is -4.00. The van der Waals surface area contributed by atoms with E-state index >= 15 is 0 Å². The number of methoxy groups -OCH3 is 3. The van der Waals surface area contributed by atoms with Crippen LogP contribution in [0.5, 0.6) is 17.2 Å². The Morgan fingerprint density at radius 3 is 2.18 bits per heavy atom. The van der Waals surface area contributed by atoms with Gasteiger partial charge in [-0.25, -0.2) is 0 Å². The zero-order valence-electron chi connectivity index (χ0n) is 19.9. The summed E-state index contributed by atoms with van der Waals surface area (Å²) >= 11 is 0. The summed E-state index contributed by atoms with van der Waals surface area (Å²) in [6.45, 7) is 2.36. The van der Waals surface area contributed by atoms with Crippen LogP contribution in [0.3, 0.4) is 0 Å². The Bertz CT molecular complexity index is 1160. The van der Waals surface area contributed by atoms with Gasteiger partial charge in [-0.3, -0.25) is 9.59 Å². The largest absolute Gasteiger partial charge is 0.496 e. The van der Waals surface area contributed by atoms with Crippen LogP contribution >= 0.6 is 0 Å². The number of para-hydroxylation sites is 1. The van der Waals surface area contributed by atoms with Gasteiger partial charge in [0.25, 0.3) is 5.91 Å². The highest BCUT2D eigenvalue weighted by Gasteiger charge is 2.14. The lowest BCUT2D eigenvalue weighted by molar-refractivity contribution is -0.115. The Balaban J connectivity index is 1.60. The molecule has 0 radical (unpaired) electrons. The maximum Gasteiger partial charge on any atom is 0.253 e. The SMILES string of the molecule is COc1ccc(CC(=O)Nc2ccccc2C(=O)NCCc2ccc(OC)c(OC)c2)cc1C. The molecular formula is C27H30N2O5. The van der Waals surface area contributed by atoms with Crippen LogP contribution in [0, 0.1) is 6.92 Å². The van der Waals surface area contributed by atoms with E-state index < -0.39 is 0 Å². The second-order valence-electron chi connectivity index (χ2n) is 7.77. The van der Waals surface area contributed by atoms with Crippen LogP contribution in [0.1, 0.15) is 27.0 Å². The van der Waals surface area contributed by atoms with Crippen molar-refractivity contribution in [2.75, 3.05) is 33.2 Å². The Labute approximate surface area is 200 Å². The molecule has 0 aliphatic rings. The number of aryl methyl sites for hydroxylation is 1. The summed E-state index contributed by atoms with van der Waals surface area (Å²) in [7, 11) is 4.79. The molecule has 0 unspecified atom stereocenters. The van der Waals surface area contributed by atoms with Gasteiger partial charge in [-0.1, -0.05) is 30.3 Å². The number of anilines is 1. The Morgan fingerprint density at radius 1 is 0.794 bits per heavy atom. The zero-order chi connectivity index (χ0) is 24.5. The average molecular weight is 463 g/mol. The fraction of sp³-hybridized carbons (Fsp3) is 0.259. The van der Waals surface area contributed by atoms with Crippen molar-refractivity contribution in [2.45, 2.75) is 19.8 Å². The van der Waals surface area contributed by atoms with Crippen molar-refractivity contribution in [3.05, 3.63) is 82.9 Å². The van der Waals surface area contributed by atoms with Crippen LogP contribution in [-0.4, -0.2) is 39.7 Å². The molecule has 0 saturated carbocycles. The van der Waals surface area contributed by atoms with Gasteiger partial charge in [0.1, 0.15) is 5.75 Å². The Morgan fingerprint density at radius 2 is 1.47 bits per heavy atom. The van der Waals surface area contributed by atoms with Gasteiger partial charge in [0.2, 0.25) is 5.91 Å². The first-order valence-corrected chi connectivity index (χ1v) is 11.0. The normalized spacial score (nSPS) is 10.4. The minimum Gasteiger partial charge on any atom is -0.496 e.